The molecule has 0 heterocycles. The quantitative estimate of drug-likeness (QED) is 0.756. The second kappa shape index (κ2) is 4.93. The number of halogens is 3. The van der Waals surface area contributed by atoms with E-state index >= 15 is 0 Å². The minimum absolute atomic E-state index is 0.145. The minimum atomic E-state index is -5.10. The van der Waals surface area contributed by atoms with Gasteiger partial charge in [0.1, 0.15) is 0 Å². The van der Waals surface area contributed by atoms with Gasteiger partial charge >= 0.3 is 96.6 Å². The molecule has 0 spiro atoms. The molecule has 0 unspecified atom stereocenters. The zero-order chi connectivity index (χ0) is 12.3. The van der Waals surface area contributed by atoms with Crippen LogP contribution in [-0.2, 0) is 11.0 Å². The van der Waals surface area contributed by atoms with E-state index < -0.39 is 32.1 Å². The fourth-order valence-electron chi connectivity index (χ4n) is 0.813. The van der Waals surface area contributed by atoms with Gasteiger partial charge < -0.3 is 0 Å². The molecule has 88 valence electrons. The molecule has 0 aliphatic carbocycles. The van der Waals surface area contributed by atoms with E-state index in [4.69, 9.17) is 0 Å². The Kier molecular flexibility index (Phi) is 4.05. The van der Waals surface area contributed by atoms with Crippen molar-refractivity contribution in [1.82, 2.24) is 0 Å². The number of rotatable bonds is 2. The van der Waals surface area contributed by atoms with E-state index in [0.29, 0.717) is 0 Å². The Morgan fingerprint density at radius 2 is 1.75 bits per heavy atom. The van der Waals surface area contributed by atoms with Crippen LogP contribution in [0, 0.1) is 6.92 Å². The number of aryl methyl sites for hydroxylation is 1. The number of hydrogen-bond acceptors (Lipinski definition) is 3. The van der Waals surface area contributed by atoms with Gasteiger partial charge in [-0.15, -0.1) is 0 Å². The molecule has 0 saturated carbocycles. The van der Waals surface area contributed by atoms with Crippen LogP contribution >= 0.6 is 0 Å². The van der Waals surface area contributed by atoms with E-state index in [1.54, 1.807) is 19.1 Å². The molecule has 0 bridgehead atoms. The van der Waals surface area contributed by atoms with Crippen LogP contribution in [0.1, 0.15) is 5.56 Å². The first-order chi connectivity index (χ1) is 7.30. The van der Waals surface area contributed by atoms with Crippen LogP contribution in [0.15, 0.2) is 24.3 Å². The normalized spacial score (nSPS) is 11.6. The summed E-state index contributed by atoms with van der Waals surface area (Å²) in [5.41, 5.74) is 0.873. The van der Waals surface area contributed by atoms with Crippen molar-refractivity contribution in [2.75, 3.05) is 0 Å². The van der Waals surface area contributed by atoms with Gasteiger partial charge in [-0.05, 0) is 0 Å². The summed E-state index contributed by atoms with van der Waals surface area (Å²) in [7, 11) is 0. The molecule has 1 aromatic carbocycles. The number of carbonyl (C=O) groups excluding carboxylic acids is 1. The molecule has 0 aliphatic rings. The number of hydrogen-bond donors (Lipinski definition) is 0. The van der Waals surface area contributed by atoms with Crippen molar-refractivity contribution in [2.45, 2.75) is 13.1 Å². The maximum absolute atomic E-state index is 11.8. The van der Waals surface area contributed by atoms with Gasteiger partial charge in [-0.25, -0.2) is 0 Å². The van der Waals surface area contributed by atoms with Gasteiger partial charge in [0.2, 0.25) is 0 Å². The molecule has 7 heteroatoms. The maximum atomic E-state index is 11.8. The van der Waals surface area contributed by atoms with Crippen molar-refractivity contribution in [2.24, 2.45) is 0 Å². The fourth-order valence-corrected chi connectivity index (χ4v) is 2.77. The molecule has 1 rings (SSSR count). The Bertz CT molecular complexity index is 411. The van der Waals surface area contributed by atoms with E-state index in [1.807, 2.05) is 0 Å². The monoisotopic (exact) mass is 350 g/mol. The molecule has 0 saturated heterocycles. The average Bonchev–Trinajstić information content (AvgIpc) is 2.17. The molecule has 0 radical (unpaired) electrons. The molecule has 0 aromatic heterocycles. The summed E-state index contributed by atoms with van der Waals surface area (Å²) < 4.78 is 50.8. The van der Waals surface area contributed by atoms with Crippen molar-refractivity contribution < 1.29 is 24.2 Å². The third kappa shape index (κ3) is 3.58. The van der Waals surface area contributed by atoms with Gasteiger partial charge in [0.25, 0.3) is 0 Å². The Morgan fingerprint density at radius 3 is 2.19 bits per heavy atom. The summed E-state index contributed by atoms with van der Waals surface area (Å²) in [4.78, 5) is 10.4. The molecule has 1 aromatic rings. The topological polar surface area (TPSA) is 43.4 Å². The molecule has 3 nitrogen and oxygen atoms in total. The standard InChI is InChI=1S/C9H7F3O3Te/c1-6-2-4-7(5-3-6)16(14)15-8(13)9(10,11)12/h2-5H,1H3. The molecule has 0 aliphatic heterocycles. The van der Waals surface area contributed by atoms with Gasteiger partial charge in [-0.3, -0.25) is 0 Å². The first-order valence-corrected chi connectivity index (χ1v) is 7.15. The summed E-state index contributed by atoms with van der Waals surface area (Å²) in [6.07, 6.45) is -5.10. The third-order valence-electron chi connectivity index (χ3n) is 1.60. The molecule has 0 fully saturated rings. The second-order valence-corrected chi connectivity index (χ2v) is 6.08. The Hall–Kier alpha value is -0.930. The van der Waals surface area contributed by atoms with Crippen LogP contribution in [0.3, 0.4) is 0 Å². The van der Waals surface area contributed by atoms with Crippen LogP contribution in [-0.4, -0.2) is 32.1 Å². The molecular formula is C9H7F3O3Te. The van der Waals surface area contributed by atoms with Gasteiger partial charge in [0, 0.05) is 0 Å². The number of carbonyl (C=O) groups is 1. The van der Waals surface area contributed by atoms with Gasteiger partial charge in [0.05, 0.1) is 0 Å². The Balaban J connectivity index is 2.74. The Labute approximate surface area is 96.8 Å². The van der Waals surface area contributed by atoms with E-state index in [0.717, 1.165) is 5.56 Å². The van der Waals surface area contributed by atoms with Crippen LogP contribution in [0.4, 0.5) is 13.2 Å². The first-order valence-electron chi connectivity index (χ1n) is 4.08. The average molecular weight is 348 g/mol. The summed E-state index contributed by atoms with van der Waals surface area (Å²) in [5.74, 6) is -2.40. The van der Waals surface area contributed by atoms with Crippen molar-refractivity contribution in [3.8, 4) is 0 Å². The van der Waals surface area contributed by atoms with Gasteiger partial charge in [-0.1, -0.05) is 0 Å². The van der Waals surface area contributed by atoms with Crippen LogP contribution in [0.5, 0.6) is 0 Å². The predicted octanol–water partition coefficient (Wildman–Crippen LogP) is 1.23. The third-order valence-corrected chi connectivity index (χ3v) is 4.34. The van der Waals surface area contributed by atoms with Crippen LogP contribution in [0.2, 0.25) is 0 Å². The summed E-state index contributed by atoms with van der Waals surface area (Å²) in [6, 6.07) is 5.95. The van der Waals surface area contributed by atoms with Crippen molar-refractivity contribution in [1.29, 1.82) is 0 Å². The summed E-state index contributed by atoms with van der Waals surface area (Å²) >= 11 is -3.87. The zero-order valence-corrected chi connectivity index (χ0v) is 10.4. The van der Waals surface area contributed by atoms with E-state index in [9.17, 15) is 21.1 Å². The molecule has 0 atom stereocenters. The van der Waals surface area contributed by atoms with E-state index in [1.165, 1.54) is 12.1 Å². The number of benzene rings is 1. The predicted molar refractivity (Wildman–Crippen MR) is 49.4 cm³/mol. The van der Waals surface area contributed by atoms with Gasteiger partial charge in [-0.2, -0.15) is 0 Å². The zero-order valence-electron chi connectivity index (χ0n) is 8.08. The van der Waals surface area contributed by atoms with Crippen molar-refractivity contribution in [3.05, 3.63) is 29.8 Å². The Morgan fingerprint density at radius 1 is 1.25 bits per heavy atom. The molecule has 0 amide bonds. The number of alkyl halides is 3. The summed E-state index contributed by atoms with van der Waals surface area (Å²) in [5, 5.41) is 0. The second-order valence-electron chi connectivity index (χ2n) is 2.92. The van der Waals surface area contributed by atoms with Crippen LogP contribution < -0.4 is 3.61 Å². The van der Waals surface area contributed by atoms with Gasteiger partial charge in [0.15, 0.2) is 0 Å². The van der Waals surface area contributed by atoms with E-state index in [2.05, 4.69) is 3.10 Å². The first kappa shape index (κ1) is 13.1. The SMILES string of the molecule is Cc1ccc([Te](=O)OC(=O)C(F)(F)F)cc1. The molecule has 16 heavy (non-hydrogen) atoms. The van der Waals surface area contributed by atoms with Crippen molar-refractivity contribution >= 4 is 29.5 Å². The van der Waals surface area contributed by atoms with E-state index in [-0.39, 0.29) is 3.61 Å². The summed E-state index contributed by atoms with van der Waals surface area (Å²) in [6.45, 7) is 1.77. The molecular weight excluding hydrogens is 341 g/mol. The van der Waals surface area contributed by atoms with Crippen molar-refractivity contribution in [3.63, 3.8) is 0 Å². The molecule has 0 N–H and O–H groups in total. The fraction of sp³-hybridized carbons (Fsp3) is 0.222. The van der Waals surface area contributed by atoms with Crippen LogP contribution in [0.25, 0.3) is 0 Å².